The maximum Gasteiger partial charge on any atom is 0.358 e. The van der Waals surface area contributed by atoms with Gasteiger partial charge in [-0.1, -0.05) is 24.3 Å². The average molecular weight is 430 g/mol. The quantitative estimate of drug-likeness (QED) is 0.455. The van der Waals surface area contributed by atoms with E-state index in [0.29, 0.717) is 22.8 Å². The van der Waals surface area contributed by atoms with E-state index in [0.717, 1.165) is 0 Å². The molecular formula is C24H19FN4O3. The maximum absolute atomic E-state index is 13.4. The first kappa shape index (κ1) is 20.9. The Morgan fingerprint density at radius 1 is 1.03 bits per heavy atom. The number of benzene rings is 2. The van der Waals surface area contributed by atoms with Gasteiger partial charge in [-0.25, -0.2) is 18.9 Å². The molecule has 7 nitrogen and oxygen atoms in total. The SMILES string of the molecule is CCOC(=O)c1cc(-c2cccc(NC(=O)c3cccc(F)c3)c2)n(-c2ccccn2)n1. The van der Waals surface area contributed by atoms with E-state index >= 15 is 0 Å². The van der Waals surface area contributed by atoms with Gasteiger partial charge in [0, 0.05) is 23.0 Å². The Kier molecular flexibility index (Phi) is 6.03. The number of nitrogens with one attached hydrogen (secondary N) is 1. The highest BCUT2D eigenvalue weighted by Crippen LogP contribution is 2.26. The van der Waals surface area contributed by atoms with Gasteiger partial charge in [-0.3, -0.25) is 4.79 Å². The summed E-state index contributed by atoms with van der Waals surface area (Å²) in [5, 5.41) is 7.14. The van der Waals surface area contributed by atoms with Gasteiger partial charge < -0.3 is 10.1 Å². The highest BCUT2D eigenvalue weighted by Gasteiger charge is 2.18. The van der Waals surface area contributed by atoms with E-state index in [9.17, 15) is 14.0 Å². The molecule has 160 valence electrons. The number of carbonyl (C=O) groups is 2. The number of aromatic nitrogens is 3. The minimum Gasteiger partial charge on any atom is -0.461 e. The van der Waals surface area contributed by atoms with Crippen molar-refractivity contribution >= 4 is 17.6 Å². The lowest BCUT2D eigenvalue weighted by molar-refractivity contribution is 0.0519. The zero-order valence-electron chi connectivity index (χ0n) is 17.2. The fraction of sp³-hybridized carbons (Fsp3) is 0.0833. The van der Waals surface area contributed by atoms with Crippen LogP contribution in [0.25, 0.3) is 17.1 Å². The molecular weight excluding hydrogens is 411 g/mol. The minimum absolute atomic E-state index is 0.140. The van der Waals surface area contributed by atoms with E-state index in [1.54, 1.807) is 54.2 Å². The Bertz CT molecular complexity index is 1270. The van der Waals surface area contributed by atoms with Gasteiger partial charge in [-0.05, 0) is 55.5 Å². The lowest BCUT2D eigenvalue weighted by Crippen LogP contribution is -2.12. The molecule has 2 heterocycles. The van der Waals surface area contributed by atoms with Crippen LogP contribution in [0.4, 0.5) is 10.1 Å². The molecule has 0 unspecified atom stereocenters. The van der Waals surface area contributed by atoms with Gasteiger partial charge in [0.05, 0.1) is 12.3 Å². The third-order valence-corrected chi connectivity index (χ3v) is 4.56. The summed E-state index contributed by atoms with van der Waals surface area (Å²) in [6, 6.07) is 19.5. The van der Waals surface area contributed by atoms with Crippen molar-refractivity contribution < 1.29 is 18.7 Å². The molecule has 2 aromatic carbocycles. The van der Waals surface area contributed by atoms with Crippen LogP contribution >= 0.6 is 0 Å². The molecule has 0 saturated carbocycles. The number of amides is 1. The largest absolute Gasteiger partial charge is 0.461 e. The van der Waals surface area contributed by atoms with Crippen molar-refractivity contribution in [1.29, 1.82) is 0 Å². The second-order valence-corrected chi connectivity index (χ2v) is 6.78. The van der Waals surface area contributed by atoms with Crippen molar-refractivity contribution in [3.05, 3.63) is 96.1 Å². The fourth-order valence-corrected chi connectivity index (χ4v) is 3.13. The van der Waals surface area contributed by atoms with Crippen LogP contribution in [0.5, 0.6) is 0 Å². The molecule has 4 aromatic rings. The van der Waals surface area contributed by atoms with Crippen molar-refractivity contribution in [3.63, 3.8) is 0 Å². The summed E-state index contributed by atoms with van der Waals surface area (Å²) in [7, 11) is 0. The first-order chi connectivity index (χ1) is 15.5. The number of hydrogen-bond donors (Lipinski definition) is 1. The number of hydrogen-bond acceptors (Lipinski definition) is 5. The predicted molar refractivity (Wildman–Crippen MR) is 117 cm³/mol. The number of halogens is 1. The van der Waals surface area contributed by atoms with Gasteiger partial charge >= 0.3 is 5.97 Å². The minimum atomic E-state index is -0.543. The summed E-state index contributed by atoms with van der Waals surface area (Å²) >= 11 is 0. The van der Waals surface area contributed by atoms with Gasteiger partial charge in [0.1, 0.15) is 5.82 Å². The Morgan fingerprint density at radius 2 is 1.88 bits per heavy atom. The summed E-state index contributed by atoms with van der Waals surface area (Å²) in [5.41, 5.74) is 2.13. The third-order valence-electron chi connectivity index (χ3n) is 4.56. The molecule has 0 fully saturated rings. The molecule has 0 radical (unpaired) electrons. The van der Waals surface area contributed by atoms with Crippen molar-refractivity contribution in [2.75, 3.05) is 11.9 Å². The van der Waals surface area contributed by atoms with Crippen LogP contribution in [0.2, 0.25) is 0 Å². The fourth-order valence-electron chi connectivity index (χ4n) is 3.13. The smallest absolute Gasteiger partial charge is 0.358 e. The van der Waals surface area contributed by atoms with E-state index in [2.05, 4.69) is 15.4 Å². The van der Waals surface area contributed by atoms with Crippen molar-refractivity contribution in [2.45, 2.75) is 6.92 Å². The number of anilines is 1. The molecule has 2 aromatic heterocycles. The zero-order chi connectivity index (χ0) is 22.5. The molecule has 0 aliphatic rings. The van der Waals surface area contributed by atoms with E-state index < -0.39 is 17.7 Å². The van der Waals surface area contributed by atoms with E-state index in [4.69, 9.17) is 4.74 Å². The Morgan fingerprint density at radius 3 is 2.62 bits per heavy atom. The van der Waals surface area contributed by atoms with E-state index in [1.165, 1.54) is 24.3 Å². The summed E-state index contributed by atoms with van der Waals surface area (Å²) in [4.78, 5) is 29.1. The highest BCUT2D eigenvalue weighted by molar-refractivity contribution is 6.04. The molecule has 32 heavy (non-hydrogen) atoms. The molecule has 1 amide bonds. The van der Waals surface area contributed by atoms with Crippen LogP contribution in [0.15, 0.2) is 79.0 Å². The van der Waals surface area contributed by atoms with Crippen LogP contribution in [-0.4, -0.2) is 33.2 Å². The number of esters is 1. The third kappa shape index (κ3) is 4.54. The number of carbonyl (C=O) groups excluding carboxylic acids is 2. The van der Waals surface area contributed by atoms with Crippen LogP contribution in [0.3, 0.4) is 0 Å². The van der Waals surface area contributed by atoms with Crippen LogP contribution in [-0.2, 0) is 4.74 Å². The first-order valence-corrected chi connectivity index (χ1v) is 9.91. The summed E-state index contributed by atoms with van der Waals surface area (Å²) in [6.07, 6.45) is 1.63. The second kappa shape index (κ2) is 9.22. The van der Waals surface area contributed by atoms with Gasteiger partial charge in [-0.2, -0.15) is 5.10 Å². The van der Waals surface area contributed by atoms with Crippen molar-refractivity contribution in [2.24, 2.45) is 0 Å². The van der Waals surface area contributed by atoms with Crippen LogP contribution in [0.1, 0.15) is 27.8 Å². The molecule has 0 aliphatic heterocycles. The summed E-state index contributed by atoms with van der Waals surface area (Å²) in [6.45, 7) is 1.95. The van der Waals surface area contributed by atoms with Crippen LogP contribution < -0.4 is 5.32 Å². The van der Waals surface area contributed by atoms with Gasteiger partial charge in [-0.15, -0.1) is 0 Å². The summed E-state index contributed by atoms with van der Waals surface area (Å²) in [5.74, 6) is -0.949. The standard InChI is InChI=1S/C24H19FN4O3/c1-2-32-24(31)20-15-21(29(28-20)22-11-3-4-12-26-22)16-7-6-10-19(14-16)27-23(30)17-8-5-9-18(25)13-17/h3-15H,2H2,1H3,(H,27,30). The number of nitrogens with zero attached hydrogens (tertiary/aromatic N) is 3. The van der Waals surface area contributed by atoms with Gasteiger partial charge in [0.25, 0.3) is 5.91 Å². The van der Waals surface area contributed by atoms with Gasteiger partial charge in [0.15, 0.2) is 11.5 Å². The molecule has 0 saturated heterocycles. The number of rotatable bonds is 6. The second-order valence-electron chi connectivity index (χ2n) is 6.78. The highest BCUT2D eigenvalue weighted by atomic mass is 19.1. The molecule has 0 aliphatic carbocycles. The van der Waals surface area contributed by atoms with Crippen molar-refractivity contribution in [1.82, 2.24) is 14.8 Å². The molecule has 1 N–H and O–H groups in total. The molecule has 0 bridgehead atoms. The lowest BCUT2D eigenvalue weighted by atomic mass is 10.1. The Hall–Kier alpha value is -4.33. The molecule has 8 heteroatoms. The van der Waals surface area contributed by atoms with Crippen molar-refractivity contribution in [3.8, 4) is 17.1 Å². The summed E-state index contributed by atoms with van der Waals surface area (Å²) < 4.78 is 20.1. The van der Waals surface area contributed by atoms with E-state index in [-0.39, 0.29) is 17.9 Å². The normalized spacial score (nSPS) is 10.6. The predicted octanol–water partition coefficient (Wildman–Crippen LogP) is 4.50. The Labute approximate surface area is 183 Å². The van der Waals surface area contributed by atoms with Crippen LogP contribution in [0, 0.1) is 5.82 Å². The average Bonchev–Trinajstić information content (AvgIpc) is 3.26. The molecule has 0 spiro atoms. The molecule has 4 rings (SSSR count). The first-order valence-electron chi connectivity index (χ1n) is 9.91. The number of pyridine rings is 1. The maximum atomic E-state index is 13.4. The number of ether oxygens (including phenoxy) is 1. The van der Waals surface area contributed by atoms with Gasteiger partial charge in [0.2, 0.25) is 0 Å². The Balaban J connectivity index is 1.70. The van der Waals surface area contributed by atoms with E-state index in [1.807, 2.05) is 12.1 Å². The lowest BCUT2D eigenvalue weighted by Gasteiger charge is -2.09. The topological polar surface area (TPSA) is 86.1 Å². The zero-order valence-corrected chi connectivity index (χ0v) is 17.2. The molecule has 0 atom stereocenters. The monoisotopic (exact) mass is 430 g/mol.